The molecule has 1 fully saturated rings. The molecule has 2 aromatic carbocycles. The number of benzene rings is 2. The Morgan fingerprint density at radius 1 is 1.17 bits per heavy atom. The molecular formula is C32H39N7O3. The lowest BCUT2D eigenvalue weighted by atomic mass is 9.89. The Kier molecular flexibility index (Phi) is 8.44. The van der Waals surface area contributed by atoms with E-state index in [-0.39, 0.29) is 23.4 Å². The van der Waals surface area contributed by atoms with Crippen molar-refractivity contribution in [3.05, 3.63) is 77.4 Å². The first-order valence-electron chi connectivity index (χ1n) is 14.3. The van der Waals surface area contributed by atoms with Crippen LogP contribution in [0.25, 0.3) is 16.9 Å². The van der Waals surface area contributed by atoms with Gasteiger partial charge in [-0.1, -0.05) is 25.6 Å². The largest absolute Gasteiger partial charge is 0.494 e. The van der Waals surface area contributed by atoms with Crippen LogP contribution in [0, 0.1) is 0 Å². The van der Waals surface area contributed by atoms with Gasteiger partial charge in [0.15, 0.2) is 5.78 Å². The topological polar surface area (TPSA) is 97.5 Å². The van der Waals surface area contributed by atoms with Crippen molar-refractivity contribution in [2.24, 2.45) is 0 Å². The molecular weight excluding hydrogens is 530 g/mol. The monoisotopic (exact) mass is 569 g/mol. The van der Waals surface area contributed by atoms with Crippen LogP contribution in [0.3, 0.4) is 0 Å². The van der Waals surface area contributed by atoms with Gasteiger partial charge in [-0.2, -0.15) is 4.98 Å². The van der Waals surface area contributed by atoms with Gasteiger partial charge in [-0.05, 0) is 63.2 Å². The molecule has 1 unspecified atom stereocenters. The zero-order chi connectivity index (χ0) is 30.0. The standard InChI is InChI=1S/C32H39N7O3/c1-7-22(28(40)8-2)23-19-24(29(42-6)20-27(23)37(5)18-17-36(3)4)34-31-33-16-15-30(35-31)39-26-12-10-9-11-25(26)38(32(39)41)21-13-14-21/h8-12,15-16,19-22H,2,7,13-14,17-18H2,1,3-6H3,(H,33,34,35). The quantitative estimate of drug-likeness (QED) is 0.227. The van der Waals surface area contributed by atoms with E-state index >= 15 is 0 Å². The highest BCUT2D eigenvalue weighted by atomic mass is 16.5. The number of carbonyl (C=O) groups is 1. The van der Waals surface area contributed by atoms with Crippen molar-refractivity contribution in [1.29, 1.82) is 0 Å². The molecule has 0 aliphatic heterocycles. The maximum absolute atomic E-state index is 13.6. The van der Waals surface area contributed by atoms with Gasteiger partial charge in [-0.25, -0.2) is 14.3 Å². The number of allylic oxidation sites excluding steroid dienone is 1. The van der Waals surface area contributed by atoms with Gasteiger partial charge in [0.05, 0.1) is 23.8 Å². The van der Waals surface area contributed by atoms with E-state index in [4.69, 9.17) is 9.72 Å². The fourth-order valence-corrected chi connectivity index (χ4v) is 5.38. The summed E-state index contributed by atoms with van der Waals surface area (Å²) in [7, 11) is 7.69. The zero-order valence-electron chi connectivity index (χ0n) is 25.0. The van der Waals surface area contributed by atoms with E-state index in [0.717, 1.165) is 48.2 Å². The molecule has 5 rings (SSSR count). The molecule has 4 aromatic rings. The molecule has 0 amide bonds. The number of rotatable bonds is 13. The van der Waals surface area contributed by atoms with Gasteiger partial charge in [0.1, 0.15) is 11.6 Å². The van der Waals surface area contributed by atoms with Crippen LogP contribution in [0.1, 0.15) is 43.7 Å². The van der Waals surface area contributed by atoms with Crippen molar-refractivity contribution in [3.8, 4) is 11.6 Å². The first-order valence-corrected chi connectivity index (χ1v) is 14.3. The molecule has 2 aromatic heterocycles. The summed E-state index contributed by atoms with van der Waals surface area (Å²) in [4.78, 5) is 40.0. The maximum Gasteiger partial charge on any atom is 0.335 e. The summed E-state index contributed by atoms with van der Waals surface area (Å²) in [6, 6.07) is 13.6. The van der Waals surface area contributed by atoms with Crippen LogP contribution in [0.4, 0.5) is 17.3 Å². The number of imidazole rings is 1. The molecule has 10 nitrogen and oxygen atoms in total. The second-order valence-electron chi connectivity index (χ2n) is 11.0. The number of nitrogens with one attached hydrogen (secondary N) is 1. The summed E-state index contributed by atoms with van der Waals surface area (Å²) in [6.45, 7) is 7.35. The Morgan fingerprint density at radius 3 is 2.55 bits per heavy atom. The highest BCUT2D eigenvalue weighted by Gasteiger charge is 2.29. The van der Waals surface area contributed by atoms with Crippen LogP contribution in [0.5, 0.6) is 5.75 Å². The molecule has 1 aliphatic rings. The number of hydrogen-bond acceptors (Lipinski definition) is 8. The number of fused-ring (bicyclic) bond motifs is 1. The number of ketones is 1. The van der Waals surface area contributed by atoms with Crippen LogP contribution >= 0.6 is 0 Å². The van der Waals surface area contributed by atoms with Crippen molar-refractivity contribution in [2.75, 3.05) is 51.6 Å². The normalized spacial score (nSPS) is 13.8. The molecule has 10 heteroatoms. The Bertz CT molecular complexity index is 1670. The molecule has 0 saturated heterocycles. The van der Waals surface area contributed by atoms with Gasteiger partial charge in [0.25, 0.3) is 0 Å². The number of nitrogens with zero attached hydrogens (tertiary/aromatic N) is 6. The highest BCUT2D eigenvalue weighted by molar-refractivity contribution is 5.96. The Labute approximate surface area is 246 Å². The first kappa shape index (κ1) is 29.1. The summed E-state index contributed by atoms with van der Waals surface area (Å²) in [5.41, 5.74) is 4.00. The number of para-hydroxylation sites is 2. The van der Waals surface area contributed by atoms with E-state index in [1.807, 2.05) is 69.0 Å². The number of anilines is 3. The number of hydrogen-bond donors (Lipinski definition) is 1. The third-order valence-electron chi connectivity index (χ3n) is 7.78. The van der Waals surface area contributed by atoms with Gasteiger partial charge in [-0.15, -0.1) is 0 Å². The maximum atomic E-state index is 13.6. The Balaban J connectivity index is 1.57. The van der Waals surface area contributed by atoms with Crippen molar-refractivity contribution in [2.45, 2.75) is 38.1 Å². The predicted octanol–water partition coefficient (Wildman–Crippen LogP) is 4.92. The second kappa shape index (κ2) is 12.2. The van der Waals surface area contributed by atoms with E-state index in [1.54, 1.807) is 23.9 Å². The van der Waals surface area contributed by atoms with Crippen molar-refractivity contribution < 1.29 is 9.53 Å². The number of methoxy groups -OCH3 is 1. The third-order valence-corrected chi connectivity index (χ3v) is 7.78. The predicted molar refractivity (Wildman–Crippen MR) is 168 cm³/mol. The Morgan fingerprint density at radius 2 is 1.90 bits per heavy atom. The minimum absolute atomic E-state index is 0.0412. The molecule has 1 saturated carbocycles. The van der Waals surface area contributed by atoms with Gasteiger partial charge >= 0.3 is 5.69 Å². The zero-order valence-corrected chi connectivity index (χ0v) is 25.0. The summed E-state index contributed by atoms with van der Waals surface area (Å²) in [5, 5.41) is 3.30. The van der Waals surface area contributed by atoms with E-state index in [0.29, 0.717) is 29.6 Å². The molecule has 1 atom stereocenters. The Hall–Kier alpha value is -4.44. The van der Waals surface area contributed by atoms with Crippen molar-refractivity contribution >= 4 is 34.1 Å². The molecule has 0 spiro atoms. The molecule has 1 aliphatic carbocycles. The van der Waals surface area contributed by atoms with E-state index < -0.39 is 0 Å². The van der Waals surface area contributed by atoms with E-state index in [2.05, 4.69) is 26.7 Å². The van der Waals surface area contributed by atoms with Crippen LogP contribution in [0.2, 0.25) is 0 Å². The third kappa shape index (κ3) is 5.67. The smallest absolute Gasteiger partial charge is 0.335 e. The minimum atomic E-state index is -0.370. The lowest BCUT2D eigenvalue weighted by molar-refractivity contribution is -0.116. The fraction of sp³-hybridized carbons (Fsp3) is 0.375. The molecule has 0 bridgehead atoms. The van der Waals surface area contributed by atoms with E-state index in [1.165, 1.54) is 6.08 Å². The van der Waals surface area contributed by atoms with Crippen LogP contribution < -0.4 is 20.6 Å². The fourth-order valence-electron chi connectivity index (χ4n) is 5.38. The SMILES string of the molecule is C=CC(=O)C(CC)c1cc(Nc2nccc(-n3c(=O)n(C4CC4)c4ccccc43)n2)c(OC)cc1N(C)CCN(C)C. The molecule has 0 radical (unpaired) electrons. The number of ether oxygens (including phenoxy) is 1. The van der Waals surface area contributed by atoms with Gasteiger partial charge < -0.3 is 19.9 Å². The average molecular weight is 570 g/mol. The van der Waals surface area contributed by atoms with Crippen molar-refractivity contribution in [1.82, 2.24) is 24.0 Å². The highest BCUT2D eigenvalue weighted by Crippen LogP contribution is 2.40. The van der Waals surface area contributed by atoms with Gasteiger partial charge in [0, 0.05) is 56.1 Å². The number of aromatic nitrogens is 4. The minimum Gasteiger partial charge on any atom is -0.494 e. The van der Waals surface area contributed by atoms with Gasteiger partial charge in [0.2, 0.25) is 5.95 Å². The van der Waals surface area contributed by atoms with E-state index in [9.17, 15) is 9.59 Å². The number of carbonyl (C=O) groups excluding carboxylic acids is 1. The second-order valence-corrected chi connectivity index (χ2v) is 11.0. The molecule has 42 heavy (non-hydrogen) atoms. The summed E-state index contributed by atoms with van der Waals surface area (Å²) in [6.07, 6.45) is 5.63. The molecule has 220 valence electrons. The first-order chi connectivity index (χ1) is 20.3. The van der Waals surface area contributed by atoms with Crippen LogP contribution in [-0.4, -0.2) is 71.1 Å². The van der Waals surface area contributed by atoms with Crippen LogP contribution in [0.15, 0.2) is 66.1 Å². The van der Waals surface area contributed by atoms with Gasteiger partial charge in [-0.3, -0.25) is 9.36 Å². The lowest BCUT2D eigenvalue weighted by Crippen LogP contribution is -2.29. The summed E-state index contributed by atoms with van der Waals surface area (Å²) in [5.74, 6) is 0.956. The number of likely N-dealkylation sites (N-methyl/N-ethyl adjacent to an activating group) is 2. The average Bonchev–Trinajstić information content (AvgIpc) is 3.78. The molecule has 2 heterocycles. The van der Waals surface area contributed by atoms with Crippen LogP contribution in [-0.2, 0) is 4.79 Å². The summed E-state index contributed by atoms with van der Waals surface area (Å²) >= 11 is 0. The lowest BCUT2D eigenvalue weighted by Gasteiger charge is -2.28. The molecule has 1 N–H and O–H groups in total. The summed E-state index contributed by atoms with van der Waals surface area (Å²) < 4.78 is 9.31. The van der Waals surface area contributed by atoms with Crippen molar-refractivity contribution in [3.63, 3.8) is 0 Å².